The lowest BCUT2D eigenvalue weighted by atomic mass is 10.2. The number of carbonyl (C=O) groups excluding carboxylic acids is 1. The first-order valence-electron chi connectivity index (χ1n) is 8.50. The fraction of sp³-hybridized carbons (Fsp3) is 0.333. The highest BCUT2D eigenvalue weighted by Gasteiger charge is 2.24. The molecule has 3 rings (SSSR count). The summed E-state index contributed by atoms with van der Waals surface area (Å²) in [5, 5.41) is 0.959. The van der Waals surface area contributed by atoms with Crippen molar-refractivity contribution in [2.24, 2.45) is 0 Å². The molecule has 1 fully saturated rings. The third-order valence-electron chi connectivity index (χ3n) is 4.50. The molecule has 0 unspecified atom stereocenters. The maximum Gasteiger partial charge on any atom is 0.253 e. The summed E-state index contributed by atoms with van der Waals surface area (Å²) in [5.74, 6) is 0.566. The van der Waals surface area contributed by atoms with Gasteiger partial charge >= 0.3 is 0 Å². The number of benzene rings is 1. The summed E-state index contributed by atoms with van der Waals surface area (Å²) in [7, 11) is -3.27. The summed E-state index contributed by atoms with van der Waals surface area (Å²) >= 11 is 12.1. The van der Waals surface area contributed by atoms with Crippen molar-refractivity contribution in [3.8, 4) is 0 Å². The van der Waals surface area contributed by atoms with Gasteiger partial charge in [-0.1, -0.05) is 30.1 Å². The van der Waals surface area contributed by atoms with Crippen molar-refractivity contribution in [1.82, 2.24) is 9.88 Å². The highest BCUT2D eigenvalue weighted by atomic mass is 35.5. The number of halogens is 2. The van der Waals surface area contributed by atoms with Crippen LogP contribution in [0.15, 0.2) is 41.4 Å². The van der Waals surface area contributed by atoms with Gasteiger partial charge in [-0.2, -0.15) is 0 Å². The Balaban J connectivity index is 1.66. The quantitative estimate of drug-likeness (QED) is 0.749. The van der Waals surface area contributed by atoms with Crippen LogP contribution in [-0.2, 0) is 9.84 Å². The standard InChI is InChI=1S/C18H19Cl2N3O3S/c1-2-27(25,26)15-5-3-13(4-6-15)18(24)23-9-7-22(8-10-23)17-16(20)11-14(19)12-21-17/h3-6,11-12H,2,7-10H2,1H3. The molecule has 1 aliphatic heterocycles. The van der Waals surface area contributed by atoms with E-state index in [-0.39, 0.29) is 16.6 Å². The van der Waals surface area contributed by atoms with Gasteiger partial charge in [0.25, 0.3) is 5.91 Å². The van der Waals surface area contributed by atoms with E-state index in [1.165, 1.54) is 12.1 Å². The second-order valence-electron chi connectivity index (χ2n) is 6.17. The molecule has 0 bridgehead atoms. The van der Waals surface area contributed by atoms with E-state index < -0.39 is 9.84 Å². The molecule has 1 aromatic heterocycles. The molecule has 144 valence electrons. The molecule has 1 amide bonds. The molecule has 0 atom stereocenters. The van der Waals surface area contributed by atoms with Gasteiger partial charge in [-0.25, -0.2) is 13.4 Å². The van der Waals surface area contributed by atoms with Gasteiger partial charge in [0, 0.05) is 37.9 Å². The first kappa shape index (κ1) is 19.9. The van der Waals surface area contributed by atoms with Crippen molar-refractivity contribution >= 4 is 44.8 Å². The van der Waals surface area contributed by atoms with E-state index in [1.807, 2.05) is 4.90 Å². The molecule has 2 aromatic rings. The Morgan fingerprint density at radius 2 is 1.74 bits per heavy atom. The molecule has 0 saturated carbocycles. The molecule has 9 heteroatoms. The van der Waals surface area contributed by atoms with Crippen molar-refractivity contribution in [2.45, 2.75) is 11.8 Å². The number of aromatic nitrogens is 1. The molecule has 0 N–H and O–H groups in total. The first-order valence-corrected chi connectivity index (χ1v) is 10.9. The third-order valence-corrected chi connectivity index (χ3v) is 6.73. The summed E-state index contributed by atoms with van der Waals surface area (Å²) < 4.78 is 23.8. The predicted molar refractivity (Wildman–Crippen MR) is 107 cm³/mol. The van der Waals surface area contributed by atoms with Crippen molar-refractivity contribution in [3.05, 3.63) is 52.1 Å². The summed E-state index contributed by atoms with van der Waals surface area (Å²) in [6.07, 6.45) is 1.55. The summed E-state index contributed by atoms with van der Waals surface area (Å²) in [6, 6.07) is 7.75. The molecule has 0 radical (unpaired) electrons. The van der Waals surface area contributed by atoms with Crippen molar-refractivity contribution in [1.29, 1.82) is 0 Å². The number of anilines is 1. The molecule has 1 saturated heterocycles. The number of nitrogens with zero attached hydrogens (tertiary/aromatic N) is 3. The van der Waals surface area contributed by atoms with Gasteiger partial charge in [-0.3, -0.25) is 4.79 Å². The van der Waals surface area contributed by atoms with E-state index in [0.717, 1.165) is 0 Å². The zero-order valence-electron chi connectivity index (χ0n) is 14.7. The van der Waals surface area contributed by atoms with Gasteiger partial charge in [-0.15, -0.1) is 0 Å². The van der Waals surface area contributed by atoms with Crippen molar-refractivity contribution in [3.63, 3.8) is 0 Å². The summed E-state index contributed by atoms with van der Waals surface area (Å²) in [6.45, 7) is 3.84. The normalized spacial score (nSPS) is 15.1. The Bertz CT molecular complexity index is 941. The molecular weight excluding hydrogens is 409 g/mol. The van der Waals surface area contributed by atoms with E-state index in [1.54, 1.807) is 36.2 Å². The molecule has 1 aliphatic rings. The topological polar surface area (TPSA) is 70.6 Å². The maximum atomic E-state index is 12.7. The van der Waals surface area contributed by atoms with Gasteiger partial charge in [0.05, 0.1) is 20.7 Å². The van der Waals surface area contributed by atoms with E-state index in [4.69, 9.17) is 23.2 Å². The Hall–Kier alpha value is -1.83. The number of piperazine rings is 1. The second-order valence-corrected chi connectivity index (χ2v) is 9.29. The van der Waals surface area contributed by atoms with E-state index in [9.17, 15) is 13.2 Å². The molecule has 0 aliphatic carbocycles. The predicted octanol–water partition coefficient (Wildman–Crippen LogP) is 3.14. The minimum absolute atomic E-state index is 0.0313. The number of hydrogen-bond donors (Lipinski definition) is 0. The highest BCUT2D eigenvalue weighted by molar-refractivity contribution is 7.91. The van der Waals surface area contributed by atoms with Gasteiger partial charge in [0.15, 0.2) is 9.84 Å². The Labute approximate surface area is 168 Å². The lowest BCUT2D eigenvalue weighted by molar-refractivity contribution is 0.0746. The largest absolute Gasteiger partial charge is 0.352 e. The molecule has 6 nitrogen and oxygen atoms in total. The second kappa shape index (κ2) is 8.04. The smallest absolute Gasteiger partial charge is 0.253 e. The number of pyridine rings is 1. The molecule has 27 heavy (non-hydrogen) atoms. The molecule has 0 spiro atoms. The monoisotopic (exact) mass is 427 g/mol. The third kappa shape index (κ3) is 4.36. The minimum atomic E-state index is -3.27. The molecule has 1 aromatic carbocycles. The zero-order valence-corrected chi connectivity index (χ0v) is 17.1. The Morgan fingerprint density at radius 3 is 2.30 bits per heavy atom. The molecular formula is C18H19Cl2N3O3S. The average Bonchev–Trinajstić information content (AvgIpc) is 2.68. The van der Waals surface area contributed by atoms with Crippen LogP contribution in [0.5, 0.6) is 0 Å². The van der Waals surface area contributed by atoms with Crippen LogP contribution in [0.2, 0.25) is 10.0 Å². The van der Waals surface area contributed by atoms with Crippen LogP contribution in [0, 0.1) is 0 Å². The number of amides is 1. The van der Waals surface area contributed by atoms with Gasteiger partial charge in [-0.05, 0) is 30.3 Å². The summed E-state index contributed by atoms with van der Waals surface area (Å²) in [4.78, 5) is 20.9. The van der Waals surface area contributed by atoms with E-state index in [2.05, 4.69) is 4.98 Å². The van der Waals surface area contributed by atoms with Crippen molar-refractivity contribution in [2.75, 3.05) is 36.8 Å². The number of carbonyl (C=O) groups is 1. The van der Waals surface area contributed by atoms with Gasteiger partial charge in [0.1, 0.15) is 5.82 Å². The SMILES string of the molecule is CCS(=O)(=O)c1ccc(C(=O)N2CCN(c3ncc(Cl)cc3Cl)CC2)cc1. The number of hydrogen-bond acceptors (Lipinski definition) is 5. The Morgan fingerprint density at radius 1 is 1.11 bits per heavy atom. The van der Waals surface area contributed by atoms with Crippen LogP contribution in [0.4, 0.5) is 5.82 Å². The lowest BCUT2D eigenvalue weighted by Crippen LogP contribution is -2.49. The van der Waals surface area contributed by atoms with Crippen molar-refractivity contribution < 1.29 is 13.2 Å². The van der Waals surface area contributed by atoms with Crippen LogP contribution in [0.1, 0.15) is 17.3 Å². The van der Waals surface area contributed by atoms with Crippen LogP contribution in [0.25, 0.3) is 0 Å². The van der Waals surface area contributed by atoms with E-state index in [0.29, 0.717) is 47.6 Å². The van der Waals surface area contributed by atoms with Crippen LogP contribution >= 0.6 is 23.2 Å². The minimum Gasteiger partial charge on any atom is -0.352 e. The van der Waals surface area contributed by atoms with Crippen LogP contribution in [-0.4, -0.2) is 56.1 Å². The fourth-order valence-corrected chi connectivity index (χ4v) is 4.30. The van der Waals surface area contributed by atoms with Crippen LogP contribution in [0.3, 0.4) is 0 Å². The Kier molecular flexibility index (Phi) is 5.93. The van der Waals surface area contributed by atoms with Gasteiger partial charge in [0.2, 0.25) is 0 Å². The zero-order chi connectivity index (χ0) is 19.6. The number of sulfone groups is 1. The molecule has 2 heterocycles. The van der Waals surface area contributed by atoms with E-state index >= 15 is 0 Å². The number of rotatable bonds is 4. The summed E-state index contributed by atoms with van der Waals surface area (Å²) in [5.41, 5.74) is 0.473. The fourth-order valence-electron chi connectivity index (χ4n) is 2.92. The van der Waals surface area contributed by atoms with Gasteiger partial charge < -0.3 is 9.80 Å². The lowest BCUT2D eigenvalue weighted by Gasteiger charge is -2.35. The maximum absolute atomic E-state index is 12.7. The average molecular weight is 428 g/mol. The van der Waals surface area contributed by atoms with Crippen LogP contribution < -0.4 is 4.90 Å². The first-order chi connectivity index (χ1) is 12.8. The highest BCUT2D eigenvalue weighted by Crippen LogP contribution is 2.27.